The van der Waals surface area contributed by atoms with Gasteiger partial charge in [-0.1, -0.05) is 20.8 Å². The van der Waals surface area contributed by atoms with E-state index in [1.807, 2.05) is 0 Å². The van der Waals surface area contributed by atoms with Gasteiger partial charge in [0.1, 0.15) is 11.6 Å². The lowest BCUT2D eigenvalue weighted by molar-refractivity contribution is 0.508. The Bertz CT molecular complexity index is 367. The number of aromatic nitrogens is 2. The van der Waals surface area contributed by atoms with Crippen molar-refractivity contribution >= 4 is 5.82 Å². The Kier molecular flexibility index (Phi) is 2.28. The maximum atomic E-state index is 6.15. The quantitative estimate of drug-likeness (QED) is 0.810. The molecule has 1 fully saturated rings. The summed E-state index contributed by atoms with van der Waals surface area (Å²) in [5.74, 6) is 2.66. The molecule has 0 unspecified atom stereocenters. The number of imidazole rings is 1. The van der Waals surface area contributed by atoms with Crippen LogP contribution in [0.1, 0.15) is 58.0 Å². The minimum Gasteiger partial charge on any atom is -0.384 e. The van der Waals surface area contributed by atoms with Crippen molar-refractivity contribution in [3.63, 3.8) is 0 Å². The van der Waals surface area contributed by atoms with Gasteiger partial charge < -0.3 is 10.3 Å². The van der Waals surface area contributed by atoms with Gasteiger partial charge in [0, 0.05) is 17.9 Å². The molecule has 0 radical (unpaired) electrons. The average molecular weight is 207 g/mol. The van der Waals surface area contributed by atoms with Crippen molar-refractivity contribution in [1.82, 2.24) is 9.55 Å². The summed E-state index contributed by atoms with van der Waals surface area (Å²) in [4.78, 5) is 4.75. The third kappa shape index (κ3) is 1.75. The van der Waals surface area contributed by atoms with Crippen LogP contribution in [-0.2, 0) is 12.0 Å². The van der Waals surface area contributed by atoms with Gasteiger partial charge in [-0.2, -0.15) is 0 Å². The SMILES string of the molecule is CCn1c(C(C)(C)C)nc(C2CC2)c1N. The molecule has 0 aromatic carbocycles. The van der Waals surface area contributed by atoms with Crippen molar-refractivity contribution in [3.05, 3.63) is 11.5 Å². The van der Waals surface area contributed by atoms with Gasteiger partial charge in [0.15, 0.2) is 0 Å². The zero-order chi connectivity index (χ0) is 11.2. The summed E-state index contributed by atoms with van der Waals surface area (Å²) in [6.45, 7) is 9.62. The van der Waals surface area contributed by atoms with Crippen molar-refractivity contribution in [2.24, 2.45) is 0 Å². The van der Waals surface area contributed by atoms with E-state index < -0.39 is 0 Å². The molecule has 2 N–H and O–H groups in total. The zero-order valence-corrected chi connectivity index (χ0v) is 10.2. The van der Waals surface area contributed by atoms with Crippen molar-refractivity contribution in [1.29, 1.82) is 0 Å². The molecule has 1 aromatic rings. The maximum absolute atomic E-state index is 6.15. The molecule has 3 heteroatoms. The molecular weight excluding hydrogens is 186 g/mol. The predicted octanol–water partition coefficient (Wildman–Crippen LogP) is 2.66. The molecule has 0 atom stereocenters. The van der Waals surface area contributed by atoms with E-state index in [9.17, 15) is 0 Å². The van der Waals surface area contributed by atoms with Crippen LogP contribution in [0.4, 0.5) is 5.82 Å². The Hall–Kier alpha value is -0.990. The van der Waals surface area contributed by atoms with Crippen LogP contribution < -0.4 is 5.73 Å². The molecule has 3 nitrogen and oxygen atoms in total. The Balaban J connectivity index is 2.49. The van der Waals surface area contributed by atoms with Crippen molar-refractivity contribution in [2.75, 3.05) is 5.73 Å². The summed E-state index contributed by atoms with van der Waals surface area (Å²) >= 11 is 0. The van der Waals surface area contributed by atoms with E-state index in [4.69, 9.17) is 10.7 Å². The van der Waals surface area contributed by atoms with Gasteiger partial charge in [0.05, 0.1) is 5.69 Å². The lowest BCUT2D eigenvalue weighted by atomic mass is 9.96. The Morgan fingerprint density at radius 3 is 2.33 bits per heavy atom. The standard InChI is InChI=1S/C12H21N3/c1-5-15-10(13)9(8-6-7-8)14-11(15)12(2,3)4/h8H,5-7,13H2,1-4H3. The van der Waals surface area contributed by atoms with Gasteiger partial charge in [-0.25, -0.2) is 4.98 Å². The normalized spacial score (nSPS) is 17.1. The largest absolute Gasteiger partial charge is 0.384 e. The number of nitrogens with two attached hydrogens (primary N) is 1. The smallest absolute Gasteiger partial charge is 0.127 e. The van der Waals surface area contributed by atoms with Crippen LogP contribution in [-0.4, -0.2) is 9.55 Å². The van der Waals surface area contributed by atoms with E-state index in [0.717, 1.165) is 23.9 Å². The van der Waals surface area contributed by atoms with Crippen LogP contribution in [0.3, 0.4) is 0 Å². The molecule has 15 heavy (non-hydrogen) atoms. The summed E-state index contributed by atoms with van der Waals surface area (Å²) in [5, 5.41) is 0. The molecule has 0 spiro atoms. The highest BCUT2D eigenvalue weighted by molar-refractivity contribution is 5.43. The maximum Gasteiger partial charge on any atom is 0.127 e. The number of anilines is 1. The fraction of sp³-hybridized carbons (Fsp3) is 0.750. The molecule has 1 saturated carbocycles. The van der Waals surface area contributed by atoms with Gasteiger partial charge in [-0.15, -0.1) is 0 Å². The first-order chi connectivity index (χ1) is 6.95. The molecule has 0 amide bonds. The first-order valence-electron chi connectivity index (χ1n) is 5.81. The topological polar surface area (TPSA) is 43.8 Å². The lowest BCUT2D eigenvalue weighted by Gasteiger charge is -2.19. The van der Waals surface area contributed by atoms with E-state index in [1.54, 1.807) is 0 Å². The molecular formula is C12H21N3. The Labute approximate surface area is 91.7 Å². The van der Waals surface area contributed by atoms with E-state index in [2.05, 4.69) is 32.3 Å². The van der Waals surface area contributed by atoms with Gasteiger partial charge in [0.2, 0.25) is 0 Å². The van der Waals surface area contributed by atoms with Crippen molar-refractivity contribution < 1.29 is 0 Å². The summed E-state index contributed by atoms with van der Waals surface area (Å²) in [7, 11) is 0. The van der Waals surface area contributed by atoms with Crippen LogP contribution in [0.25, 0.3) is 0 Å². The number of hydrogen-bond acceptors (Lipinski definition) is 2. The van der Waals surface area contributed by atoms with E-state index >= 15 is 0 Å². The molecule has 1 aliphatic carbocycles. The molecule has 0 saturated heterocycles. The number of hydrogen-bond donors (Lipinski definition) is 1. The number of nitrogen functional groups attached to an aromatic ring is 1. The predicted molar refractivity (Wildman–Crippen MR) is 63.0 cm³/mol. The molecule has 0 aliphatic heterocycles. The fourth-order valence-electron chi connectivity index (χ4n) is 2.03. The second kappa shape index (κ2) is 3.26. The fourth-order valence-corrected chi connectivity index (χ4v) is 2.03. The molecule has 84 valence electrons. The van der Waals surface area contributed by atoms with Crippen molar-refractivity contribution in [3.8, 4) is 0 Å². The van der Waals surface area contributed by atoms with Crippen LogP contribution in [0, 0.1) is 0 Å². The third-order valence-corrected chi connectivity index (χ3v) is 2.99. The molecule has 1 aliphatic rings. The summed E-state index contributed by atoms with van der Waals surface area (Å²) in [5.41, 5.74) is 7.37. The van der Waals surface area contributed by atoms with Crippen LogP contribution >= 0.6 is 0 Å². The van der Waals surface area contributed by atoms with Gasteiger partial charge in [-0.3, -0.25) is 0 Å². The van der Waals surface area contributed by atoms with Crippen LogP contribution in [0.5, 0.6) is 0 Å². The Morgan fingerprint density at radius 2 is 2.00 bits per heavy atom. The summed E-state index contributed by atoms with van der Waals surface area (Å²) in [6.07, 6.45) is 2.52. The minimum absolute atomic E-state index is 0.0806. The zero-order valence-electron chi connectivity index (χ0n) is 10.2. The third-order valence-electron chi connectivity index (χ3n) is 2.99. The number of rotatable bonds is 2. The summed E-state index contributed by atoms with van der Waals surface area (Å²) < 4.78 is 2.16. The highest BCUT2D eigenvalue weighted by Gasteiger charge is 2.32. The van der Waals surface area contributed by atoms with Gasteiger partial charge >= 0.3 is 0 Å². The highest BCUT2D eigenvalue weighted by Crippen LogP contribution is 2.43. The second-order valence-corrected chi connectivity index (χ2v) is 5.47. The van der Waals surface area contributed by atoms with Crippen molar-refractivity contribution in [2.45, 2.75) is 58.4 Å². The average Bonchev–Trinajstić information content (AvgIpc) is 2.89. The van der Waals surface area contributed by atoms with Gasteiger partial charge in [0.25, 0.3) is 0 Å². The van der Waals surface area contributed by atoms with Gasteiger partial charge in [-0.05, 0) is 19.8 Å². The summed E-state index contributed by atoms with van der Waals surface area (Å²) in [6, 6.07) is 0. The molecule has 0 bridgehead atoms. The first-order valence-corrected chi connectivity index (χ1v) is 5.81. The Morgan fingerprint density at radius 1 is 1.40 bits per heavy atom. The van der Waals surface area contributed by atoms with Crippen LogP contribution in [0.15, 0.2) is 0 Å². The first kappa shape index (κ1) is 10.5. The molecule has 2 rings (SSSR count). The highest BCUT2D eigenvalue weighted by atomic mass is 15.2. The van der Waals surface area contributed by atoms with Crippen LogP contribution in [0.2, 0.25) is 0 Å². The number of nitrogens with zero attached hydrogens (tertiary/aromatic N) is 2. The van der Waals surface area contributed by atoms with E-state index in [0.29, 0.717) is 5.92 Å². The lowest BCUT2D eigenvalue weighted by Crippen LogP contribution is -2.19. The molecule has 1 heterocycles. The monoisotopic (exact) mass is 207 g/mol. The van der Waals surface area contributed by atoms with E-state index in [1.165, 1.54) is 12.8 Å². The molecule has 1 aromatic heterocycles. The van der Waals surface area contributed by atoms with E-state index in [-0.39, 0.29) is 5.41 Å². The minimum atomic E-state index is 0.0806. The second-order valence-electron chi connectivity index (χ2n) is 5.47.